The predicted molar refractivity (Wildman–Crippen MR) is 73.8 cm³/mol. The molecule has 0 aromatic heterocycles. The van der Waals surface area contributed by atoms with Crippen molar-refractivity contribution in [2.45, 2.75) is 24.8 Å². The van der Waals surface area contributed by atoms with Gasteiger partial charge in [0.15, 0.2) is 0 Å². The third-order valence-electron chi connectivity index (χ3n) is 4.20. The van der Waals surface area contributed by atoms with E-state index in [-0.39, 0.29) is 32.8 Å². The number of hydrogen-bond acceptors (Lipinski definition) is 3. The average molecular weight is 315 g/mol. The summed E-state index contributed by atoms with van der Waals surface area (Å²) >= 11 is 11.6. The number of hydrogen-bond donors (Lipinski definition) is 3. The van der Waals surface area contributed by atoms with Gasteiger partial charge in [-0.1, -0.05) is 23.2 Å². The highest BCUT2D eigenvalue weighted by atomic mass is 35.5. The molecule has 3 aliphatic rings. The molecule has 7 heteroatoms. The SMILES string of the molecule is NC(=O)C12CC(NC(=O)c3cc(Cl)cc(Cl)c3O)(C1)C2. The summed E-state index contributed by atoms with van der Waals surface area (Å²) in [5, 5.41) is 12.9. The third kappa shape index (κ3) is 1.77. The van der Waals surface area contributed by atoms with E-state index in [0.29, 0.717) is 19.3 Å². The number of halogens is 2. The molecule has 0 radical (unpaired) electrons. The van der Waals surface area contributed by atoms with Crippen molar-refractivity contribution in [1.29, 1.82) is 0 Å². The van der Waals surface area contributed by atoms with Crippen molar-refractivity contribution < 1.29 is 14.7 Å². The molecule has 5 nitrogen and oxygen atoms in total. The van der Waals surface area contributed by atoms with Crippen molar-refractivity contribution in [2.24, 2.45) is 11.1 Å². The fourth-order valence-electron chi connectivity index (χ4n) is 3.23. The minimum atomic E-state index is -0.454. The number of amides is 2. The minimum absolute atomic E-state index is 0.0221. The minimum Gasteiger partial charge on any atom is -0.506 e. The van der Waals surface area contributed by atoms with E-state index in [2.05, 4.69) is 5.32 Å². The Hall–Kier alpha value is -1.46. The Balaban J connectivity index is 1.75. The molecule has 3 fully saturated rings. The van der Waals surface area contributed by atoms with E-state index in [1.165, 1.54) is 12.1 Å². The molecule has 0 spiro atoms. The summed E-state index contributed by atoms with van der Waals surface area (Å²) in [6.07, 6.45) is 1.66. The second-order valence-corrected chi connectivity index (χ2v) is 6.54. The molecule has 3 aliphatic carbocycles. The first-order chi connectivity index (χ1) is 9.27. The van der Waals surface area contributed by atoms with Gasteiger partial charge < -0.3 is 16.2 Å². The number of aromatic hydroxyl groups is 1. The van der Waals surface area contributed by atoms with E-state index in [4.69, 9.17) is 28.9 Å². The maximum atomic E-state index is 12.2. The molecule has 106 valence electrons. The summed E-state index contributed by atoms with van der Waals surface area (Å²) in [6, 6.07) is 2.71. The first-order valence-electron chi connectivity index (χ1n) is 6.07. The van der Waals surface area contributed by atoms with Crippen LogP contribution in [0.3, 0.4) is 0 Å². The Morgan fingerprint density at radius 1 is 1.25 bits per heavy atom. The first kappa shape index (κ1) is 13.5. The second-order valence-electron chi connectivity index (χ2n) is 5.69. The van der Waals surface area contributed by atoms with Crippen LogP contribution in [0.4, 0.5) is 0 Å². The van der Waals surface area contributed by atoms with Crippen LogP contribution in [0.15, 0.2) is 12.1 Å². The van der Waals surface area contributed by atoms with Crippen LogP contribution in [0, 0.1) is 5.41 Å². The quantitative estimate of drug-likeness (QED) is 0.794. The Bertz CT molecular complexity index is 625. The van der Waals surface area contributed by atoms with Crippen molar-refractivity contribution in [3.8, 4) is 5.75 Å². The van der Waals surface area contributed by atoms with Gasteiger partial charge in [-0.05, 0) is 31.4 Å². The third-order valence-corrected chi connectivity index (χ3v) is 4.71. The molecular formula is C13H12Cl2N2O3. The van der Waals surface area contributed by atoms with Crippen LogP contribution in [0.5, 0.6) is 5.75 Å². The molecule has 0 aliphatic heterocycles. The van der Waals surface area contributed by atoms with Gasteiger partial charge in [0.2, 0.25) is 5.91 Å². The van der Waals surface area contributed by atoms with Crippen LogP contribution in [-0.4, -0.2) is 22.5 Å². The molecule has 4 N–H and O–H groups in total. The maximum Gasteiger partial charge on any atom is 0.255 e. The zero-order valence-corrected chi connectivity index (χ0v) is 11.9. The van der Waals surface area contributed by atoms with Gasteiger partial charge in [0, 0.05) is 10.6 Å². The number of phenols is 1. The number of carbonyl (C=O) groups excluding carboxylic acids is 2. The lowest BCUT2D eigenvalue weighted by molar-refractivity contribution is -0.174. The topological polar surface area (TPSA) is 92.4 Å². The standard InChI is InChI=1S/C13H12Cl2N2O3/c14-6-1-7(9(18)8(15)2-6)10(19)17-13-3-12(4-13,5-13)11(16)20/h1-2,18H,3-5H2,(H2,16,20)(H,17,19). The summed E-state index contributed by atoms with van der Waals surface area (Å²) in [7, 11) is 0. The van der Waals surface area contributed by atoms with E-state index >= 15 is 0 Å². The van der Waals surface area contributed by atoms with Crippen LogP contribution < -0.4 is 11.1 Å². The molecule has 2 bridgehead atoms. The smallest absolute Gasteiger partial charge is 0.255 e. The first-order valence-corrected chi connectivity index (χ1v) is 6.83. The summed E-state index contributed by atoms with van der Waals surface area (Å²) in [5.74, 6) is -1.07. The predicted octanol–water partition coefficient (Wildman–Crippen LogP) is 1.84. The van der Waals surface area contributed by atoms with Crippen molar-refractivity contribution >= 4 is 35.0 Å². The molecule has 0 unspecified atom stereocenters. The molecule has 0 saturated heterocycles. The zero-order chi connectivity index (χ0) is 14.7. The Morgan fingerprint density at radius 3 is 2.40 bits per heavy atom. The van der Waals surface area contributed by atoms with Crippen LogP contribution >= 0.6 is 23.2 Å². The fraction of sp³-hybridized carbons (Fsp3) is 0.385. The molecule has 1 aromatic rings. The number of benzene rings is 1. The molecular weight excluding hydrogens is 303 g/mol. The molecule has 3 saturated carbocycles. The summed E-state index contributed by atoms with van der Waals surface area (Å²) in [4.78, 5) is 23.4. The van der Waals surface area contributed by atoms with Crippen molar-refractivity contribution in [2.75, 3.05) is 0 Å². The van der Waals surface area contributed by atoms with Gasteiger partial charge in [0.05, 0.1) is 16.0 Å². The van der Waals surface area contributed by atoms with Crippen molar-refractivity contribution in [3.05, 3.63) is 27.7 Å². The second kappa shape index (κ2) is 4.02. The number of nitrogens with one attached hydrogen (secondary N) is 1. The molecule has 0 atom stereocenters. The van der Waals surface area contributed by atoms with E-state index in [1.54, 1.807) is 0 Å². The Labute approximate surface area is 125 Å². The lowest BCUT2D eigenvalue weighted by Gasteiger charge is -2.68. The summed E-state index contributed by atoms with van der Waals surface area (Å²) < 4.78 is 0. The lowest BCUT2D eigenvalue weighted by Crippen LogP contribution is -2.78. The largest absolute Gasteiger partial charge is 0.506 e. The Kier molecular flexibility index (Phi) is 2.72. The number of primary amides is 1. The van der Waals surface area contributed by atoms with E-state index in [1.807, 2.05) is 0 Å². The molecule has 20 heavy (non-hydrogen) atoms. The number of carbonyl (C=O) groups is 2. The normalized spacial score (nSPS) is 30.1. The maximum absolute atomic E-state index is 12.2. The van der Waals surface area contributed by atoms with E-state index < -0.39 is 11.3 Å². The average Bonchev–Trinajstić information content (AvgIpc) is 2.25. The highest BCUT2D eigenvalue weighted by Crippen LogP contribution is 2.67. The van der Waals surface area contributed by atoms with Gasteiger partial charge in [-0.25, -0.2) is 0 Å². The van der Waals surface area contributed by atoms with Crippen molar-refractivity contribution in [3.63, 3.8) is 0 Å². The number of nitrogens with two attached hydrogens (primary N) is 1. The lowest BCUT2D eigenvalue weighted by atomic mass is 9.39. The molecule has 2 amide bonds. The summed E-state index contributed by atoms with van der Waals surface area (Å²) in [6.45, 7) is 0. The fourth-order valence-corrected chi connectivity index (χ4v) is 3.72. The highest BCUT2D eigenvalue weighted by molar-refractivity contribution is 6.36. The Morgan fingerprint density at radius 2 is 1.85 bits per heavy atom. The van der Waals surface area contributed by atoms with E-state index in [0.717, 1.165) is 0 Å². The highest BCUT2D eigenvalue weighted by Gasteiger charge is 2.71. The van der Waals surface area contributed by atoms with Gasteiger partial charge >= 0.3 is 0 Å². The summed E-state index contributed by atoms with van der Waals surface area (Å²) in [5.41, 5.74) is 4.51. The van der Waals surface area contributed by atoms with Crippen LogP contribution in [0.1, 0.15) is 29.6 Å². The monoisotopic (exact) mass is 314 g/mol. The van der Waals surface area contributed by atoms with Gasteiger partial charge in [-0.3, -0.25) is 9.59 Å². The van der Waals surface area contributed by atoms with Gasteiger partial charge in [-0.2, -0.15) is 0 Å². The van der Waals surface area contributed by atoms with Crippen LogP contribution in [0.2, 0.25) is 10.0 Å². The number of rotatable bonds is 3. The van der Waals surface area contributed by atoms with Gasteiger partial charge in [0.1, 0.15) is 5.75 Å². The zero-order valence-electron chi connectivity index (χ0n) is 10.4. The van der Waals surface area contributed by atoms with Gasteiger partial charge in [-0.15, -0.1) is 0 Å². The molecule has 4 rings (SSSR count). The van der Waals surface area contributed by atoms with Crippen LogP contribution in [0.25, 0.3) is 0 Å². The van der Waals surface area contributed by atoms with Crippen molar-refractivity contribution in [1.82, 2.24) is 5.32 Å². The molecule has 1 aromatic carbocycles. The number of phenolic OH excluding ortho intramolecular Hbond substituents is 1. The molecule has 0 heterocycles. The van der Waals surface area contributed by atoms with Crippen LogP contribution in [-0.2, 0) is 4.79 Å². The van der Waals surface area contributed by atoms with Gasteiger partial charge in [0.25, 0.3) is 5.91 Å². The van der Waals surface area contributed by atoms with E-state index in [9.17, 15) is 14.7 Å².